The molecule has 1 saturated heterocycles. The lowest BCUT2D eigenvalue weighted by Gasteiger charge is -2.19. The lowest BCUT2D eigenvalue weighted by Crippen LogP contribution is -2.27. The summed E-state index contributed by atoms with van der Waals surface area (Å²) in [5.74, 6) is 0. The fourth-order valence-corrected chi connectivity index (χ4v) is 5.13. The molecule has 0 spiro atoms. The van der Waals surface area contributed by atoms with Crippen molar-refractivity contribution in [3.05, 3.63) is 75.7 Å². The summed E-state index contributed by atoms with van der Waals surface area (Å²) in [6.45, 7) is 3.50. The standard InChI is InChI=1S/C22H26N2O2S/c25-27(26,22-12-11-18-7-1-2-8-19(18)15-22)23-16-20-9-3-4-10-21(20)17-24-13-5-6-14-24/h1-4,7-10,15,23H,5-6,11-14,16-17H2. The van der Waals surface area contributed by atoms with Crippen molar-refractivity contribution in [2.75, 3.05) is 13.1 Å². The van der Waals surface area contributed by atoms with Gasteiger partial charge in [-0.05, 0) is 67.1 Å². The molecule has 142 valence electrons. The second-order valence-corrected chi connectivity index (χ2v) is 9.21. The summed E-state index contributed by atoms with van der Waals surface area (Å²) < 4.78 is 28.5. The van der Waals surface area contributed by atoms with Gasteiger partial charge in [-0.2, -0.15) is 0 Å². The average Bonchev–Trinajstić information content (AvgIpc) is 3.20. The maximum absolute atomic E-state index is 12.8. The molecule has 1 aliphatic carbocycles. The van der Waals surface area contributed by atoms with Crippen LogP contribution in [0, 0.1) is 0 Å². The number of fused-ring (bicyclic) bond motifs is 1. The lowest BCUT2D eigenvalue weighted by molar-refractivity contribution is 0.330. The van der Waals surface area contributed by atoms with Gasteiger partial charge in [0, 0.05) is 13.1 Å². The van der Waals surface area contributed by atoms with E-state index in [0.29, 0.717) is 17.9 Å². The number of hydrogen-bond donors (Lipinski definition) is 1. The van der Waals surface area contributed by atoms with Gasteiger partial charge in [-0.1, -0.05) is 48.5 Å². The van der Waals surface area contributed by atoms with Gasteiger partial charge in [0.1, 0.15) is 0 Å². The van der Waals surface area contributed by atoms with Crippen molar-refractivity contribution in [3.63, 3.8) is 0 Å². The van der Waals surface area contributed by atoms with E-state index in [1.807, 2.05) is 42.5 Å². The Labute approximate surface area is 162 Å². The first kappa shape index (κ1) is 18.4. The Kier molecular flexibility index (Phi) is 5.43. The summed E-state index contributed by atoms with van der Waals surface area (Å²) in [6, 6.07) is 16.1. The summed E-state index contributed by atoms with van der Waals surface area (Å²) in [7, 11) is -3.47. The van der Waals surface area contributed by atoms with Gasteiger partial charge in [0.15, 0.2) is 0 Å². The Balaban J connectivity index is 1.48. The van der Waals surface area contributed by atoms with E-state index in [1.165, 1.54) is 24.0 Å². The molecule has 5 heteroatoms. The molecular weight excluding hydrogens is 356 g/mol. The van der Waals surface area contributed by atoms with Crippen LogP contribution in [0.25, 0.3) is 6.08 Å². The fraction of sp³-hybridized carbons (Fsp3) is 0.364. The van der Waals surface area contributed by atoms with E-state index in [4.69, 9.17) is 0 Å². The number of rotatable bonds is 6. The molecule has 0 bridgehead atoms. The topological polar surface area (TPSA) is 49.4 Å². The number of benzene rings is 2. The molecule has 2 aromatic carbocycles. The van der Waals surface area contributed by atoms with Crippen molar-refractivity contribution in [2.24, 2.45) is 0 Å². The highest BCUT2D eigenvalue weighted by molar-refractivity contribution is 7.93. The molecule has 0 aromatic heterocycles. The van der Waals surface area contributed by atoms with E-state index in [2.05, 4.69) is 21.8 Å². The number of allylic oxidation sites excluding steroid dienone is 1. The van der Waals surface area contributed by atoms with Gasteiger partial charge >= 0.3 is 0 Å². The summed E-state index contributed by atoms with van der Waals surface area (Å²) in [5, 5.41) is 0. The highest BCUT2D eigenvalue weighted by Gasteiger charge is 2.22. The third kappa shape index (κ3) is 4.32. The fourth-order valence-electron chi connectivity index (χ4n) is 3.95. The van der Waals surface area contributed by atoms with Crippen LogP contribution in [0.5, 0.6) is 0 Å². The summed E-state index contributed by atoms with van der Waals surface area (Å²) in [4.78, 5) is 2.92. The maximum Gasteiger partial charge on any atom is 0.237 e. The predicted molar refractivity (Wildman–Crippen MR) is 109 cm³/mol. The minimum Gasteiger partial charge on any atom is -0.299 e. The highest BCUT2D eigenvalue weighted by Crippen LogP contribution is 2.26. The molecule has 0 unspecified atom stereocenters. The zero-order valence-corrected chi connectivity index (χ0v) is 16.3. The smallest absolute Gasteiger partial charge is 0.237 e. The molecule has 0 radical (unpaired) electrons. The molecule has 1 fully saturated rings. The Morgan fingerprint density at radius 2 is 1.59 bits per heavy atom. The summed E-state index contributed by atoms with van der Waals surface area (Å²) in [6.07, 6.45) is 5.66. The van der Waals surface area contributed by atoms with Gasteiger partial charge in [0.25, 0.3) is 0 Å². The highest BCUT2D eigenvalue weighted by atomic mass is 32.2. The Morgan fingerprint density at radius 3 is 2.41 bits per heavy atom. The molecule has 0 atom stereocenters. The van der Waals surface area contributed by atoms with Crippen LogP contribution in [-0.2, 0) is 29.5 Å². The first-order valence-electron chi connectivity index (χ1n) is 9.69. The first-order valence-corrected chi connectivity index (χ1v) is 11.2. The Hall–Kier alpha value is -1.95. The second-order valence-electron chi connectivity index (χ2n) is 7.39. The molecule has 1 N–H and O–H groups in total. The van der Waals surface area contributed by atoms with Crippen LogP contribution in [0.3, 0.4) is 0 Å². The van der Waals surface area contributed by atoms with E-state index in [-0.39, 0.29) is 0 Å². The number of sulfonamides is 1. The molecule has 0 saturated carbocycles. The van der Waals surface area contributed by atoms with Crippen molar-refractivity contribution in [2.45, 2.75) is 38.8 Å². The summed E-state index contributed by atoms with van der Waals surface area (Å²) in [5.41, 5.74) is 4.50. The summed E-state index contributed by atoms with van der Waals surface area (Å²) >= 11 is 0. The normalized spacial score (nSPS) is 17.6. The SMILES string of the molecule is O=S(=O)(NCc1ccccc1CN1CCCC1)C1=Cc2ccccc2CC1. The predicted octanol–water partition coefficient (Wildman–Crippen LogP) is 3.69. The van der Waals surface area contributed by atoms with Gasteiger partial charge in [-0.15, -0.1) is 0 Å². The minimum absolute atomic E-state index is 0.339. The van der Waals surface area contributed by atoms with Gasteiger partial charge in [0.2, 0.25) is 10.0 Å². The van der Waals surface area contributed by atoms with Crippen molar-refractivity contribution in [3.8, 4) is 0 Å². The molecular formula is C22H26N2O2S. The first-order chi connectivity index (χ1) is 13.1. The van der Waals surface area contributed by atoms with Crippen LogP contribution < -0.4 is 4.72 Å². The Bertz CT molecular complexity index is 944. The molecule has 2 aromatic rings. The molecule has 2 aliphatic rings. The van der Waals surface area contributed by atoms with Gasteiger partial charge in [0.05, 0.1) is 4.91 Å². The number of nitrogens with zero attached hydrogens (tertiary/aromatic N) is 1. The van der Waals surface area contributed by atoms with Crippen molar-refractivity contribution >= 4 is 16.1 Å². The number of likely N-dealkylation sites (tertiary alicyclic amines) is 1. The molecule has 4 nitrogen and oxygen atoms in total. The lowest BCUT2D eigenvalue weighted by atomic mass is 9.98. The number of hydrogen-bond acceptors (Lipinski definition) is 3. The van der Waals surface area contributed by atoms with Gasteiger partial charge in [-0.25, -0.2) is 13.1 Å². The molecule has 1 heterocycles. The van der Waals surface area contributed by atoms with Crippen molar-refractivity contribution in [1.82, 2.24) is 9.62 Å². The maximum atomic E-state index is 12.8. The largest absolute Gasteiger partial charge is 0.299 e. The Morgan fingerprint density at radius 1 is 0.889 bits per heavy atom. The average molecular weight is 383 g/mol. The van der Waals surface area contributed by atoms with E-state index < -0.39 is 10.0 Å². The van der Waals surface area contributed by atoms with Crippen LogP contribution in [-0.4, -0.2) is 26.4 Å². The monoisotopic (exact) mass is 382 g/mol. The van der Waals surface area contributed by atoms with Crippen LogP contribution in [0.15, 0.2) is 53.4 Å². The third-order valence-electron chi connectivity index (χ3n) is 5.52. The molecule has 1 aliphatic heterocycles. The van der Waals surface area contributed by atoms with Crippen LogP contribution in [0.1, 0.15) is 41.5 Å². The zero-order chi connectivity index (χ0) is 18.7. The van der Waals surface area contributed by atoms with Crippen LogP contribution in [0.2, 0.25) is 0 Å². The van der Waals surface area contributed by atoms with Gasteiger partial charge in [-0.3, -0.25) is 4.90 Å². The molecule has 0 amide bonds. The van der Waals surface area contributed by atoms with Crippen molar-refractivity contribution in [1.29, 1.82) is 0 Å². The zero-order valence-electron chi connectivity index (χ0n) is 15.5. The van der Waals surface area contributed by atoms with E-state index >= 15 is 0 Å². The minimum atomic E-state index is -3.47. The molecule has 27 heavy (non-hydrogen) atoms. The number of aryl methyl sites for hydroxylation is 1. The van der Waals surface area contributed by atoms with Gasteiger partial charge < -0.3 is 0 Å². The van der Waals surface area contributed by atoms with Crippen molar-refractivity contribution < 1.29 is 8.42 Å². The van der Waals surface area contributed by atoms with Crippen LogP contribution in [0.4, 0.5) is 0 Å². The third-order valence-corrected chi connectivity index (χ3v) is 7.06. The quantitative estimate of drug-likeness (QED) is 0.829. The van der Waals surface area contributed by atoms with E-state index in [0.717, 1.165) is 37.2 Å². The molecule has 4 rings (SSSR count). The van der Waals surface area contributed by atoms with Crippen LogP contribution >= 0.6 is 0 Å². The van der Waals surface area contributed by atoms with E-state index in [1.54, 1.807) is 0 Å². The number of nitrogens with one attached hydrogen (secondary N) is 1. The second kappa shape index (κ2) is 7.97. The van der Waals surface area contributed by atoms with E-state index in [9.17, 15) is 8.42 Å².